The van der Waals surface area contributed by atoms with Gasteiger partial charge in [-0.05, 0) is 56.2 Å². The standard InChI is InChI=1S/C23H27NO4/c1-23(2,3)28-22(27)24-15-17(14-20(24)21(25)26)12-16-8-7-11-19(13-16)18-9-5-4-6-10-18/h4-11,13,17,20H,12,14-15H2,1-3H3,(H,25,26)/t17-,20+/m0/s1. The van der Waals surface area contributed by atoms with Crippen LogP contribution in [-0.2, 0) is 16.0 Å². The van der Waals surface area contributed by atoms with Crippen LogP contribution in [0.5, 0.6) is 0 Å². The summed E-state index contributed by atoms with van der Waals surface area (Å²) < 4.78 is 5.40. The van der Waals surface area contributed by atoms with Crippen LogP contribution in [0.25, 0.3) is 11.1 Å². The van der Waals surface area contributed by atoms with E-state index in [1.165, 1.54) is 4.90 Å². The summed E-state index contributed by atoms with van der Waals surface area (Å²) in [4.78, 5) is 25.5. The fraction of sp³-hybridized carbons (Fsp3) is 0.391. The third-order valence-corrected chi connectivity index (χ3v) is 4.86. The van der Waals surface area contributed by atoms with Crippen molar-refractivity contribution in [2.45, 2.75) is 45.3 Å². The lowest BCUT2D eigenvalue weighted by molar-refractivity contribution is -0.142. The molecule has 0 aliphatic carbocycles. The van der Waals surface area contributed by atoms with Gasteiger partial charge in [0.1, 0.15) is 11.6 Å². The van der Waals surface area contributed by atoms with Crippen molar-refractivity contribution in [3.05, 3.63) is 60.2 Å². The molecule has 1 aliphatic rings. The first-order valence-electron chi connectivity index (χ1n) is 9.60. The Kier molecular flexibility index (Phi) is 5.73. The highest BCUT2D eigenvalue weighted by atomic mass is 16.6. The number of likely N-dealkylation sites (tertiary alicyclic amines) is 1. The number of amides is 1. The van der Waals surface area contributed by atoms with E-state index < -0.39 is 23.7 Å². The number of carbonyl (C=O) groups excluding carboxylic acids is 1. The first kappa shape index (κ1) is 19.9. The summed E-state index contributed by atoms with van der Waals surface area (Å²) in [5.74, 6) is -0.897. The van der Waals surface area contributed by atoms with Crippen molar-refractivity contribution in [1.82, 2.24) is 4.90 Å². The summed E-state index contributed by atoms with van der Waals surface area (Å²) in [5.41, 5.74) is 2.77. The summed E-state index contributed by atoms with van der Waals surface area (Å²) in [6.07, 6.45) is 0.605. The van der Waals surface area contributed by atoms with Crippen molar-refractivity contribution < 1.29 is 19.4 Å². The van der Waals surface area contributed by atoms with Crippen molar-refractivity contribution in [3.8, 4) is 11.1 Å². The third-order valence-electron chi connectivity index (χ3n) is 4.86. The highest BCUT2D eigenvalue weighted by molar-refractivity contribution is 5.81. The normalized spacial score (nSPS) is 19.5. The minimum atomic E-state index is -0.980. The zero-order valence-corrected chi connectivity index (χ0v) is 16.6. The molecule has 0 unspecified atom stereocenters. The highest BCUT2D eigenvalue weighted by Crippen LogP contribution is 2.29. The second-order valence-electron chi connectivity index (χ2n) is 8.36. The van der Waals surface area contributed by atoms with Crippen LogP contribution in [0.3, 0.4) is 0 Å². The van der Waals surface area contributed by atoms with Crippen molar-refractivity contribution in [2.75, 3.05) is 6.54 Å². The number of hydrogen-bond acceptors (Lipinski definition) is 3. The molecule has 0 spiro atoms. The maximum absolute atomic E-state index is 12.5. The molecule has 1 N–H and O–H groups in total. The topological polar surface area (TPSA) is 66.8 Å². The van der Waals surface area contributed by atoms with Crippen molar-refractivity contribution in [1.29, 1.82) is 0 Å². The summed E-state index contributed by atoms with van der Waals surface area (Å²) in [6.45, 7) is 5.73. The Morgan fingerprint density at radius 2 is 1.75 bits per heavy atom. The molecule has 1 fully saturated rings. The molecule has 1 amide bonds. The molecule has 2 aromatic rings. The molecule has 0 radical (unpaired) electrons. The number of benzene rings is 2. The average molecular weight is 381 g/mol. The van der Waals surface area contributed by atoms with Crippen LogP contribution in [-0.4, -0.2) is 40.3 Å². The molecule has 5 nitrogen and oxygen atoms in total. The smallest absolute Gasteiger partial charge is 0.411 e. The van der Waals surface area contributed by atoms with Crippen LogP contribution < -0.4 is 0 Å². The zero-order chi connectivity index (χ0) is 20.3. The van der Waals surface area contributed by atoms with Gasteiger partial charge in [-0.25, -0.2) is 9.59 Å². The van der Waals surface area contributed by atoms with Gasteiger partial charge >= 0.3 is 12.1 Å². The van der Waals surface area contributed by atoms with Crippen molar-refractivity contribution in [3.63, 3.8) is 0 Å². The van der Waals surface area contributed by atoms with Gasteiger partial charge in [0, 0.05) is 6.54 Å². The van der Waals surface area contributed by atoms with E-state index in [2.05, 4.69) is 30.3 Å². The quantitative estimate of drug-likeness (QED) is 0.840. The number of carboxylic acids is 1. The highest BCUT2D eigenvalue weighted by Gasteiger charge is 2.41. The number of hydrogen-bond donors (Lipinski definition) is 1. The Morgan fingerprint density at radius 1 is 1.07 bits per heavy atom. The molecule has 0 bridgehead atoms. The Bertz CT molecular complexity index is 841. The summed E-state index contributed by atoms with van der Waals surface area (Å²) in [7, 11) is 0. The molecule has 1 heterocycles. The second kappa shape index (κ2) is 8.05. The molecule has 2 aromatic carbocycles. The van der Waals surface area contributed by atoms with Crippen LogP contribution in [0, 0.1) is 5.92 Å². The Balaban J connectivity index is 1.73. The number of nitrogens with zero attached hydrogens (tertiary/aromatic N) is 1. The van der Waals surface area contributed by atoms with Crippen LogP contribution >= 0.6 is 0 Å². The van der Waals surface area contributed by atoms with Gasteiger partial charge in [0.2, 0.25) is 0 Å². The monoisotopic (exact) mass is 381 g/mol. The molecule has 2 atom stereocenters. The lowest BCUT2D eigenvalue weighted by Crippen LogP contribution is -2.43. The van der Waals surface area contributed by atoms with Gasteiger partial charge < -0.3 is 9.84 Å². The van der Waals surface area contributed by atoms with Crippen LogP contribution in [0.1, 0.15) is 32.8 Å². The number of aliphatic carboxylic acids is 1. The maximum Gasteiger partial charge on any atom is 0.411 e. The van der Waals surface area contributed by atoms with E-state index in [0.717, 1.165) is 23.1 Å². The molecule has 28 heavy (non-hydrogen) atoms. The largest absolute Gasteiger partial charge is 0.480 e. The molecule has 1 aliphatic heterocycles. The van der Waals surface area contributed by atoms with Gasteiger partial charge in [-0.15, -0.1) is 0 Å². The Morgan fingerprint density at radius 3 is 2.39 bits per heavy atom. The van der Waals surface area contributed by atoms with Gasteiger partial charge in [-0.1, -0.05) is 54.6 Å². The first-order chi connectivity index (χ1) is 13.2. The molecule has 5 heteroatoms. The Hall–Kier alpha value is -2.82. The number of carboxylic acid groups (broad SMARTS) is 1. The van der Waals surface area contributed by atoms with Gasteiger partial charge in [0.05, 0.1) is 0 Å². The van der Waals surface area contributed by atoms with Crippen molar-refractivity contribution in [2.24, 2.45) is 5.92 Å². The predicted molar refractivity (Wildman–Crippen MR) is 108 cm³/mol. The average Bonchev–Trinajstić information content (AvgIpc) is 3.06. The number of carbonyl (C=O) groups is 2. The molecule has 3 rings (SSSR count). The molecular weight excluding hydrogens is 354 g/mol. The van der Waals surface area contributed by atoms with Crippen LogP contribution in [0.4, 0.5) is 4.79 Å². The van der Waals surface area contributed by atoms with E-state index in [0.29, 0.717) is 13.0 Å². The van der Waals surface area contributed by atoms with Gasteiger partial charge in [-0.2, -0.15) is 0 Å². The minimum Gasteiger partial charge on any atom is -0.480 e. The number of ether oxygens (including phenoxy) is 1. The predicted octanol–water partition coefficient (Wildman–Crippen LogP) is 4.61. The van der Waals surface area contributed by atoms with Gasteiger partial charge in [-0.3, -0.25) is 4.90 Å². The van der Waals surface area contributed by atoms with Gasteiger partial charge in [0.15, 0.2) is 0 Å². The van der Waals surface area contributed by atoms with Crippen LogP contribution in [0.2, 0.25) is 0 Å². The van der Waals surface area contributed by atoms with E-state index in [-0.39, 0.29) is 5.92 Å². The van der Waals surface area contributed by atoms with E-state index in [1.54, 1.807) is 20.8 Å². The summed E-state index contributed by atoms with van der Waals surface area (Å²) >= 11 is 0. The SMILES string of the molecule is CC(C)(C)OC(=O)N1C[C@@H](Cc2cccc(-c3ccccc3)c2)C[C@@H]1C(=O)O. The fourth-order valence-corrected chi connectivity index (χ4v) is 3.67. The molecule has 148 valence electrons. The maximum atomic E-state index is 12.5. The van der Waals surface area contributed by atoms with Gasteiger partial charge in [0.25, 0.3) is 0 Å². The second-order valence-corrected chi connectivity index (χ2v) is 8.36. The molecule has 0 aromatic heterocycles. The summed E-state index contributed by atoms with van der Waals surface area (Å²) in [6, 6.07) is 17.6. The Labute approximate surface area is 165 Å². The van der Waals surface area contributed by atoms with Crippen LogP contribution in [0.15, 0.2) is 54.6 Å². The molecular formula is C23H27NO4. The fourth-order valence-electron chi connectivity index (χ4n) is 3.67. The van der Waals surface area contributed by atoms with E-state index in [9.17, 15) is 14.7 Å². The zero-order valence-electron chi connectivity index (χ0n) is 16.6. The molecule has 1 saturated heterocycles. The van der Waals surface area contributed by atoms with E-state index in [4.69, 9.17) is 4.74 Å². The lowest BCUT2D eigenvalue weighted by atomic mass is 9.94. The number of rotatable bonds is 4. The lowest BCUT2D eigenvalue weighted by Gasteiger charge is -2.26. The third kappa shape index (κ3) is 4.91. The first-order valence-corrected chi connectivity index (χ1v) is 9.60. The van der Waals surface area contributed by atoms with E-state index in [1.807, 2.05) is 24.3 Å². The molecule has 0 saturated carbocycles. The van der Waals surface area contributed by atoms with E-state index >= 15 is 0 Å². The van der Waals surface area contributed by atoms with Crippen molar-refractivity contribution >= 4 is 12.1 Å². The summed E-state index contributed by atoms with van der Waals surface area (Å²) in [5, 5.41) is 9.56. The minimum absolute atomic E-state index is 0.0830.